The highest BCUT2D eigenvalue weighted by atomic mass is 28.2. The van der Waals surface area contributed by atoms with Crippen molar-refractivity contribution >= 4 is 9.76 Å². The van der Waals surface area contributed by atoms with E-state index in [4.69, 9.17) is 4.43 Å². The molecule has 64 valence electrons. The number of hydrogen-bond acceptors (Lipinski definition) is 1. The van der Waals surface area contributed by atoms with E-state index in [2.05, 4.69) is 39.0 Å². The first-order chi connectivity index (χ1) is 5.74. The fraction of sp³-hybridized carbons (Fsp3) is 0.400. The van der Waals surface area contributed by atoms with Crippen molar-refractivity contribution in [3.8, 4) is 5.75 Å². The third-order valence-corrected chi connectivity index (χ3v) is 2.32. The molecule has 0 fully saturated rings. The lowest BCUT2D eigenvalue weighted by Gasteiger charge is -2.07. The molecule has 1 aromatic carbocycles. The maximum atomic E-state index is 5.59. The predicted molar refractivity (Wildman–Crippen MR) is 52.8 cm³/mol. The summed E-state index contributed by atoms with van der Waals surface area (Å²) in [5.41, 5.74) is 2.48. The van der Waals surface area contributed by atoms with Gasteiger partial charge in [-0.15, -0.1) is 0 Å². The highest BCUT2D eigenvalue weighted by molar-refractivity contribution is 6.28. The average Bonchev–Trinajstić information content (AvgIpc) is 2.07. The Morgan fingerprint density at radius 1 is 1.33 bits per heavy atom. The van der Waals surface area contributed by atoms with Gasteiger partial charge in [-0.05, 0) is 37.1 Å². The Morgan fingerprint density at radius 3 is 2.75 bits per heavy atom. The lowest BCUT2D eigenvalue weighted by Crippen LogP contribution is -2.00. The molecule has 0 aliphatic carbocycles. The van der Waals surface area contributed by atoms with E-state index in [1.807, 2.05) is 0 Å². The van der Waals surface area contributed by atoms with Crippen LogP contribution in [0.5, 0.6) is 5.75 Å². The van der Waals surface area contributed by atoms with Crippen LogP contribution >= 0.6 is 0 Å². The van der Waals surface area contributed by atoms with Gasteiger partial charge in [0.1, 0.15) is 5.75 Å². The van der Waals surface area contributed by atoms with Crippen LogP contribution in [-0.4, -0.2) is 9.76 Å². The molecule has 0 N–H and O–H groups in total. The van der Waals surface area contributed by atoms with Gasteiger partial charge in [0.05, 0.1) is 0 Å². The molecule has 1 rings (SSSR count). The van der Waals surface area contributed by atoms with E-state index >= 15 is 0 Å². The molecule has 1 aromatic rings. The summed E-state index contributed by atoms with van der Waals surface area (Å²) in [4.78, 5) is 0. The molecule has 0 saturated carbocycles. The van der Waals surface area contributed by atoms with Crippen LogP contribution in [0.3, 0.4) is 0 Å². The number of aryl methyl sites for hydroxylation is 2. The summed E-state index contributed by atoms with van der Waals surface area (Å²) in [6.45, 7) is 6.29. The molecule has 0 bridgehead atoms. The molecular formula is C10H14OSi. The van der Waals surface area contributed by atoms with Crippen molar-refractivity contribution in [1.82, 2.24) is 0 Å². The molecule has 0 aromatic heterocycles. The molecule has 12 heavy (non-hydrogen) atoms. The molecule has 0 heterocycles. The normalized spacial score (nSPS) is 9.92. The lowest BCUT2D eigenvalue weighted by atomic mass is 10.1. The van der Waals surface area contributed by atoms with E-state index in [0.717, 1.165) is 11.8 Å². The Balaban J connectivity index is 2.75. The van der Waals surface area contributed by atoms with E-state index < -0.39 is 0 Å². The number of hydrogen-bond donors (Lipinski definition) is 0. The molecule has 0 spiro atoms. The second kappa shape index (κ2) is 4.31. The molecule has 2 heteroatoms. The zero-order valence-corrected chi connectivity index (χ0v) is 8.85. The molecule has 0 atom stereocenters. The van der Waals surface area contributed by atoms with Gasteiger partial charge in [0.15, 0.2) is 0 Å². The van der Waals surface area contributed by atoms with Crippen LogP contribution < -0.4 is 4.43 Å². The summed E-state index contributed by atoms with van der Waals surface area (Å²) in [6.07, 6.45) is 0. The molecule has 0 unspecified atom stereocenters. The minimum Gasteiger partial charge on any atom is -0.541 e. The van der Waals surface area contributed by atoms with Gasteiger partial charge >= 0.3 is 9.76 Å². The Hall–Kier alpha value is -0.763. The second-order valence-electron chi connectivity index (χ2n) is 2.87. The third-order valence-electron chi connectivity index (χ3n) is 1.67. The Kier molecular flexibility index (Phi) is 3.35. The van der Waals surface area contributed by atoms with Crippen LogP contribution in [0.25, 0.3) is 0 Å². The van der Waals surface area contributed by atoms with Crippen molar-refractivity contribution in [2.24, 2.45) is 0 Å². The van der Waals surface area contributed by atoms with Crippen molar-refractivity contribution in [2.45, 2.75) is 26.8 Å². The minimum atomic E-state index is 0.585. The van der Waals surface area contributed by atoms with Crippen LogP contribution in [0.1, 0.15) is 18.1 Å². The van der Waals surface area contributed by atoms with Crippen molar-refractivity contribution in [3.05, 3.63) is 29.3 Å². The maximum absolute atomic E-state index is 5.59. The summed E-state index contributed by atoms with van der Waals surface area (Å²) in [7, 11) is 0.585. The smallest absolute Gasteiger partial charge is 0.310 e. The average molecular weight is 178 g/mol. The van der Waals surface area contributed by atoms with Crippen molar-refractivity contribution in [3.63, 3.8) is 0 Å². The summed E-state index contributed by atoms with van der Waals surface area (Å²) in [5, 5.41) is 0. The van der Waals surface area contributed by atoms with E-state index in [-0.39, 0.29) is 0 Å². The molecular weight excluding hydrogens is 164 g/mol. The SMILES string of the molecule is CC[Si]Oc1cc(C)ccc1C. The Labute approximate surface area is 76.7 Å². The van der Waals surface area contributed by atoms with E-state index in [1.54, 1.807) is 0 Å². The van der Waals surface area contributed by atoms with E-state index in [0.29, 0.717) is 9.76 Å². The summed E-state index contributed by atoms with van der Waals surface area (Å²) in [5.74, 6) is 1.04. The first-order valence-electron chi connectivity index (χ1n) is 4.21. The van der Waals surface area contributed by atoms with Crippen molar-refractivity contribution < 1.29 is 4.43 Å². The molecule has 0 aliphatic heterocycles. The minimum absolute atomic E-state index is 0.585. The zero-order chi connectivity index (χ0) is 8.97. The van der Waals surface area contributed by atoms with Gasteiger partial charge in [0.2, 0.25) is 0 Å². The lowest BCUT2D eigenvalue weighted by molar-refractivity contribution is 0.588. The maximum Gasteiger partial charge on any atom is 0.310 e. The molecule has 1 nitrogen and oxygen atoms in total. The molecule has 0 saturated heterocycles. The number of rotatable bonds is 3. The first kappa shape index (κ1) is 9.33. The Morgan fingerprint density at radius 2 is 2.08 bits per heavy atom. The van der Waals surface area contributed by atoms with E-state index in [9.17, 15) is 0 Å². The Bertz CT molecular complexity index is 258. The first-order valence-corrected chi connectivity index (χ1v) is 5.32. The zero-order valence-electron chi connectivity index (χ0n) is 7.85. The molecule has 0 amide bonds. The van der Waals surface area contributed by atoms with Crippen LogP contribution in [0.2, 0.25) is 6.04 Å². The topological polar surface area (TPSA) is 9.23 Å². The quantitative estimate of drug-likeness (QED) is 0.647. The second-order valence-corrected chi connectivity index (χ2v) is 4.07. The highest BCUT2D eigenvalue weighted by Crippen LogP contribution is 2.18. The summed E-state index contributed by atoms with van der Waals surface area (Å²) >= 11 is 0. The molecule has 2 radical (unpaired) electrons. The van der Waals surface area contributed by atoms with Gasteiger partial charge in [-0.3, -0.25) is 0 Å². The number of benzene rings is 1. The summed E-state index contributed by atoms with van der Waals surface area (Å²) < 4.78 is 5.59. The van der Waals surface area contributed by atoms with E-state index in [1.165, 1.54) is 11.1 Å². The van der Waals surface area contributed by atoms with Gasteiger partial charge in [0.25, 0.3) is 0 Å². The predicted octanol–water partition coefficient (Wildman–Crippen LogP) is 2.74. The van der Waals surface area contributed by atoms with Gasteiger partial charge in [0, 0.05) is 0 Å². The van der Waals surface area contributed by atoms with Crippen LogP contribution in [0.15, 0.2) is 18.2 Å². The van der Waals surface area contributed by atoms with Crippen molar-refractivity contribution in [2.75, 3.05) is 0 Å². The van der Waals surface area contributed by atoms with Gasteiger partial charge < -0.3 is 4.43 Å². The third kappa shape index (κ3) is 2.38. The molecule has 0 aliphatic rings. The van der Waals surface area contributed by atoms with Gasteiger partial charge in [-0.1, -0.05) is 19.1 Å². The monoisotopic (exact) mass is 178 g/mol. The van der Waals surface area contributed by atoms with Crippen LogP contribution in [0.4, 0.5) is 0 Å². The standard InChI is InChI=1S/C10H14OSi/c1-4-12-11-10-7-8(2)5-6-9(10)3/h5-7H,4H2,1-3H3. The highest BCUT2D eigenvalue weighted by Gasteiger charge is 1.98. The van der Waals surface area contributed by atoms with Gasteiger partial charge in [-0.25, -0.2) is 0 Å². The fourth-order valence-corrected chi connectivity index (χ4v) is 1.49. The van der Waals surface area contributed by atoms with Gasteiger partial charge in [-0.2, -0.15) is 0 Å². The fourth-order valence-electron chi connectivity index (χ4n) is 0.967. The van der Waals surface area contributed by atoms with Crippen LogP contribution in [0, 0.1) is 13.8 Å². The van der Waals surface area contributed by atoms with Crippen LogP contribution in [-0.2, 0) is 0 Å². The summed E-state index contributed by atoms with van der Waals surface area (Å²) in [6, 6.07) is 7.40. The van der Waals surface area contributed by atoms with Crippen molar-refractivity contribution in [1.29, 1.82) is 0 Å². The largest absolute Gasteiger partial charge is 0.541 e.